The van der Waals surface area contributed by atoms with Gasteiger partial charge in [-0.25, -0.2) is 4.98 Å². The van der Waals surface area contributed by atoms with Gasteiger partial charge in [0.25, 0.3) is 0 Å². The normalized spacial score (nSPS) is 13.3. The Morgan fingerprint density at radius 1 is 1.32 bits per heavy atom. The summed E-state index contributed by atoms with van der Waals surface area (Å²) in [6.07, 6.45) is 0. The molecule has 0 radical (unpaired) electrons. The van der Waals surface area contributed by atoms with Gasteiger partial charge in [0.2, 0.25) is 5.89 Å². The lowest BCUT2D eigenvalue weighted by Gasteiger charge is -2.30. The van der Waals surface area contributed by atoms with Crippen molar-refractivity contribution in [1.29, 1.82) is 0 Å². The van der Waals surface area contributed by atoms with Crippen LogP contribution in [0.5, 0.6) is 0 Å². The van der Waals surface area contributed by atoms with Crippen molar-refractivity contribution in [2.45, 2.75) is 40.3 Å². The molecule has 0 saturated carbocycles. The highest BCUT2D eigenvalue weighted by molar-refractivity contribution is 7.07. The fraction of sp³-hybridized carbons (Fsp3) is 0.556. The number of aromatic nitrogens is 1. The van der Waals surface area contributed by atoms with E-state index in [4.69, 9.17) is 4.42 Å². The molecule has 25 heavy (non-hydrogen) atoms. The van der Waals surface area contributed by atoms with Crippen molar-refractivity contribution in [3.63, 3.8) is 0 Å². The minimum Gasteiger partial charge on any atom is -0.444 e. The zero-order valence-corrected chi connectivity index (χ0v) is 16.6. The highest BCUT2D eigenvalue weighted by Crippen LogP contribution is 2.22. The minimum absolute atomic E-state index is 0.325. The van der Waals surface area contributed by atoms with Gasteiger partial charge in [-0.15, -0.1) is 0 Å². The topological polar surface area (TPSA) is 65.7 Å². The summed E-state index contributed by atoms with van der Waals surface area (Å²) in [6.45, 7) is 11.6. The van der Waals surface area contributed by atoms with E-state index < -0.39 is 0 Å². The maximum Gasteiger partial charge on any atom is 0.214 e. The highest BCUT2D eigenvalue weighted by atomic mass is 32.1. The van der Waals surface area contributed by atoms with E-state index in [-0.39, 0.29) is 0 Å². The van der Waals surface area contributed by atoms with E-state index in [1.165, 1.54) is 5.56 Å². The van der Waals surface area contributed by atoms with Crippen molar-refractivity contribution in [2.24, 2.45) is 4.99 Å². The van der Waals surface area contributed by atoms with Crippen LogP contribution in [-0.2, 0) is 6.54 Å². The Balaban J connectivity index is 1.95. The molecular weight excluding hydrogens is 334 g/mol. The number of nitrogens with zero attached hydrogens (tertiary/aromatic N) is 3. The monoisotopic (exact) mass is 363 g/mol. The molecule has 6 nitrogen and oxygen atoms in total. The van der Waals surface area contributed by atoms with E-state index in [2.05, 4.69) is 56.2 Å². The summed E-state index contributed by atoms with van der Waals surface area (Å²) in [6, 6.07) is 2.52. The molecule has 0 aliphatic heterocycles. The van der Waals surface area contributed by atoms with Gasteiger partial charge < -0.3 is 15.1 Å². The van der Waals surface area contributed by atoms with Gasteiger partial charge in [-0.05, 0) is 49.3 Å². The fourth-order valence-electron chi connectivity index (χ4n) is 2.77. The molecule has 2 aromatic rings. The summed E-state index contributed by atoms with van der Waals surface area (Å²) < 4.78 is 5.60. The van der Waals surface area contributed by atoms with Gasteiger partial charge in [-0.1, -0.05) is 13.8 Å². The molecule has 0 spiro atoms. The molecule has 0 saturated heterocycles. The molecule has 0 fully saturated rings. The first-order chi connectivity index (χ1) is 12.1. The molecule has 0 amide bonds. The maximum atomic E-state index is 5.60. The largest absolute Gasteiger partial charge is 0.444 e. The second kappa shape index (κ2) is 9.58. The van der Waals surface area contributed by atoms with Crippen molar-refractivity contribution in [3.8, 4) is 0 Å². The van der Waals surface area contributed by atoms with Gasteiger partial charge in [0.15, 0.2) is 5.96 Å². The second-order valence-electron chi connectivity index (χ2n) is 5.85. The van der Waals surface area contributed by atoms with Crippen LogP contribution in [0.2, 0.25) is 0 Å². The van der Waals surface area contributed by atoms with E-state index in [1.54, 1.807) is 18.4 Å². The van der Waals surface area contributed by atoms with E-state index in [0.717, 1.165) is 37.0 Å². The van der Waals surface area contributed by atoms with Crippen LogP contribution in [0.25, 0.3) is 0 Å². The number of hydrogen-bond acceptors (Lipinski definition) is 5. The number of oxazole rings is 1. The average Bonchev–Trinajstić information content (AvgIpc) is 3.24. The summed E-state index contributed by atoms with van der Waals surface area (Å²) in [5.74, 6) is 2.29. The molecule has 2 heterocycles. The van der Waals surface area contributed by atoms with Gasteiger partial charge in [-0.3, -0.25) is 9.89 Å². The van der Waals surface area contributed by atoms with Crippen molar-refractivity contribution in [3.05, 3.63) is 39.7 Å². The fourth-order valence-corrected chi connectivity index (χ4v) is 3.48. The lowest BCUT2D eigenvalue weighted by atomic mass is 10.1. The maximum absolute atomic E-state index is 5.60. The van der Waals surface area contributed by atoms with Crippen molar-refractivity contribution in [1.82, 2.24) is 20.5 Å². The predicted molar refractivity (Wildman–Crippen MR) is 104 cm³/mol. The summed E-state index contributed by atoms with van der Waals surface area (Å²) in [5, 5.41) is 11.1. The van der Waals surface area contributed by atoms with Crippen molar-refractivity contribution < 1.29 is 4.42 Å². The Kier molecular flexibility index (Phi) is 7.46. The zero-order valence-electron chi connectivity index (χ0n) is 15.8. The average molecular weight is 364 g/mol. The number of aliphatic imine (C=N–C) groups is 1. The standard InChI is InChI=1S/C18H29N5OS/c1-6-23(7-2)16(15-8-9-25-12-15)10-20-18(19-5)21-11-17-22-13(3)14(4)24-17/h8-9,12,16H,6-7,10-11H2,1-5H3,(H2,19,20,21). The molecule has 0 aliphatic carbocycles. The smallest absolute Gasteiger partial charge is 0.214 e. The Labute approximate surface area is 154 Å². The zero-order chi connectivity index (χ0) is 18.2. The minimum atomic E-state index is 0.325. The molecule has 0 aliphatic rings. The van der Waals surface area contributed by atoms with Crippen LogP contribution < -0.4 is 10.6 Å². The molecule has 2 rings (SSSR count). The lowest BCUT2D eigenvalue weighted by molar-refractivity contribution is 0.219. The van der Waals surface area contributed by atoms with Crippen LogP contribution in [0.15, 0.2) is 26.2 Å². The summed E-state index contributed by atoms with van der Waals surface area (Å²) in [7, 11) is 1.78. The van der Waals surface area contributed by atoms with Crippen molar-refractivity contribution in [2.75, 3.05) is 26.7 Å². The summed E-state index contributed by atoms with van der Waals surface area (Å²) in [5.41, 5.74) is 2.27. The van der Waals surface area contributed by atoms with Gasteiger partial charge in [0.1, 0.15) is 5.76 Å². The van der Waals surface area contributed by atoms with E-state index in [0.29, 0.717) is 18.5 Å². The third kappa shape index (κ3) is 5.31. The molecule has 138 valence electrons. The SMILES string of the molecule is CCN(CC)C(CNC(=NC)NCc1nc(C)c(C)o1)c1ccsc1. The number of rotatable bonds is 8. The van der Waals surface area contributed by atoms with Crippen LogP contribution in [0.3, 0.4) is 0 Å². The van der Waals surface area contributed by atoms with Crippen LogP contribution in [0.4, 0.5) is 0 Å². The predicted octanol–water partition coefficient (Wildman–Crippen LogP) is 3.10. The summed E-state index contributed by atoms with van der Waals surface area (Å²) >= 11 is 1.74. The van der Waals surface area contributed by atoms with Gasteiger partial charge in [0.05, 0.1) is 18.3 Å². The quantitative estimate of drug-likeness (QED) is 0.557. The highest BCUT2D eigenvalue weighted by Gasteiger charge is 2.18. The van der Waals surface area contributed by atoms with E-state index in [1.807, 2.05) is 13.8 Å². The third-order valence-corrected chi connectivity index (χ3v) is 5.05. The molecule has 0 bridgehead atoms. The Hall–Kier alpha value is -1.86. The van der Waals surface area contributed by atoms with Crippen LogP contribution >= 0.6 is 11.3 Å². The van der Waals surface area contributed by atoms with Crippen LogP contribution in [0, 0.1) is 13.8 Å². The van der Waals surface area contributed by atoms with E-state index in [9.17, 15) is 0 Å². The van der Waals surface area contributed by atoms with Crippen LogP contribution in [0.1, 0.15) is 42.8 Å². The molecule has 2 aromatic heterocycles. The van der Waals surface area contributed by atoms with E-state index >= 15 is 0 Å². The van der Waals surface area contributed by atoms with Crippen LogP contribution in [-0.4, -0.2) is 42.5 Å². The molecule has 0 aromatic carbocycles. The molecule has 1 atom stereocenters. The lowest BCUT2D eigenvalue weighted by Crippen LogP contribution is -2.43. The third-order valence-electron chi connectivity index (χ3n) is 4.35. The second-order valence-corrected chi connectivity index (χ2v) is 6.63. The number of likely N-dealkylation sites (N-methyl/N-ethyl adjacent to an activating group) is 1. The Bertz CT molecular complexity index is 642. The first-order valence-electron chi connectivity index (χ1n) is 8.72. The number of thiophene rings is 1. The number of guanidine groups is 1. The Morgan fingerprint density at radius 2 is 2.08 bits per heavy atom. The summed E-state index contributed by atoms with van der Waals surface area (Å²) in [4.78, 5) is 11.1. The number of hydrogen-bond donors (Lipinski definition) is 2. The van der Waals surface area contributed by atoms with Gasteiger partial charge in [-0.2, -0.15) is 11.3 Å². The van der Waals surface area contributed by atoms with Crippen molar-refractivity contribution >= 4 is 17.3 Å². The first-order valence-corrected chi connectivity index (χ1v) is 9.66. The molecule has 7 heteroatoms. The van der Waals surface area contributed by atoms with Gasteiger partial charge in [0, 0.05) is 13.6 Å². The molecule has 2 N–H and O–H groups in total. The van der Waals surface area contributed by atoms with Gasteiger partial charge >= 0.3 is 0 Å². The molecule has 1 unspecified atom stereocenters. The number of aryl methyl sites for hydroxylation is 2. The first kappa shape index (κ1) is 19.5. The Morgan fingerprint density at radius 3 is 2.60 bits per heavy atom. The molecular formula is C18H29N5OS. The number of nitrogens with one attached hydrogen (secondary N) is 2.